The number of aromatic nitrogens is 2. The zero-order valence-electron chi connectivity index (χ0n) is 10.6. The van der Waals surface area contributed by atoms with Gasteiger partial charge in [-0.3, -0.25) is 14.3 Å². The van der Waals surface area contributed by atoms with E-state index in [1.807, 2.05) is 6.07 Å². The molecule has 0 aromatic carbocycles. The van der Waals surface area contributed by atoms with Crippen LogP contribution in [0.2, 0.25) is 0 Å². The number of hydrogen-bond acceptors (Lipinski definition) is 5. The van der Waals surface area contributed by atoms with Crippen LogP contribution in [0.5, 0.6) is 0 Å². The smallest absolute Gasteiger partial charge is 0.346 e. The number of hydrogen-bond donors (Lipinski definition) is 2. The maximum absolute atomic E-state index is 12.3. The first-order valence-electron chi connectivity index (χ1n) is 5.83. The molecule has 2 aromatic heterocycles. The number of H-pyrrole nitrogens is 1. The Morgan fingerprint density at radius 1 is 1.50 bits per heavy atom. The fourth-order valence-electron chi connectivity index (χ4n) is 1.97. The van der Waals surface area contributed by atoms with E-state index < -0.39 is 17.2 Å². The Balaban J connectivity index is 2.66. The SMILES string of the molecule is Cc1c(C(=O)O)sc2[nH]c(=O)n(CCCC#N)c(=O)c12. The van der Waals surface area contributed by atoms with Crippen LogP contribution < -0.4 is 11.2 Å². The van der Waals surface area contributed by atoms with Crippen LogP contribution in [0.4, 0.5) is 0 Å². The minimum absolute atomic E-state index is 0.0440. The molecule has 0 aliphatic carbocycles. The highest BCUT2D eigenvalue weighted by Gasteiger charge is 2.19. The Bertz CT molecular complexity index is 837. The summed E-state index contributed by atoms with van der Waals surface area (Å²) in [5.41, 5.74) is -0.741. The van der Waals surface area contributed by atoms with Crippen molar-refractivity contribution in [2.75, 3.05) is 0 Å². The van der Waals surface area contributed by atoms with Crippen molar-refractivity contribution in [2.24, 2.45) is 0 Å². The van der Waals surface area contributed by atoms with Crippen LogP contribution in [0, 0.1) is 18.3 Å². The molecule has 0 saturated carbocycles. The third-order valence-electron chi connectivity index (χ3n) is 2.94. The molecule has 2 N–H and O–H groups in total. The summed E-state index contributed by atoms with van der Waals surface area (Å²) in [6, 6.07) is 1.94. The molecule has 0 atom stereocenters. The average molecular weight is 293 g/mol. The van der Waals surface area contributed by atoms with Crippen LogP contribution in [-0.4, -0.2) is 20.6 Å². The molecule has 7 nitrogen and oxygen atoms in total. The number of aromatic amines is 1. The molecule has 0 radical (unpaired) electrons. The number of nitrogens with zero attached hydrogens (tertiary/aromatic N) is 2. The van der Waals surface area contributed by atoms with Crippen molar-refractivity contribution in [3.05, 3.63) is 31.3 Å². The van der Waals surface area contributed by atoms with E-state index in [0.29, 0.717) is 12.0 Å². The van der Waals surface area contributed by atoms with Gasteiger partial charge in [-0.25, -0.2) is 9.59 Å². The van der Waals surface area contributed by atoms with Crippen LogP contribution in [0.15, 0.2) is 9.59 Å². The summed E-state index contributed by atoms with van der Waals surface area (Å²) in [7, 11) is 0. The number of nitrogens with one attached hydrogen (secondary N) is 1. The van der Waals surface area contributed by atoms with Crippen molar-refractivity contribution < 1.29 is 9.90 Å². The molecule has 0 bridgehead atoms. The Morgan fingerprint density at radius 2 is 2.20 bits per heavy atom. The summed E-state index contributed by atoms with van der Waals surface area (Å²) in [4.78, 5) is 38.0. The number of carboxylic acid groups (broad SMARTS) is 1. The first-order valence-corrected chi connectivity index (χ1v) is 6.65. The predicted octanol–water partition coefficient (Wildman–Crippen LogP) is 1.06. The second kappa shape index (κ2) is 5.30. The molecule has 0 aliphatic rings. The van der Waals surface area contributed by atoms with E-state index in [1.165, 1.54) is 0 Å². The lowest BCUT2D eigenvalue weighted by atomic mass is 10.2. The van der Waals surface area contributed by atoms with Crippen molar-refractivity contribution in [1.29, 1.82) is 5.26 Å². The number of aromatic carboxylic acids is 1. The van der Waals surface area contributed by atoms with Gasteiger partial charge in [-0.05, 0) is 18.9 Å². The molecule has 0 fully saturated rings. The third kappa shape index (κ3) is 2.23. The molecule has 8 heteroatoms. The highest BCUT2D eigenvalue weighted by Crippen LogP contribution is 2.25. The normalized spacial score (nSPS) is 10.6. The van der Waals surface area contributed by atoms with Gasteiger partial charge in [-0.15, -0.1) is 11.3 Å². The highest BCUT2D eigenvalue weighted by molar-refractivity contribution is 7.20. The van der Waals surface area contributed by atoms with Gasteiger partial charge in [0.1, 0.15) is 9.71 Å². The Labute approximate surface area is 116 Å². The lowest BCUT2D eigenvalue weighted by Gasteiger charge is -2.02. The van der Waals surface area contributed by atoms with Gasteiger partial charge < -0.3 is 5.11 Å². The van der Waals surface area contributed by atoms with Crippen LogP contribution in [0.3, 0.4) is 0 Å². The van der Waals surface area contributed by atoms with Crippen molar-refractivity contribution in [1.82, 2.24) is 9.55 Å². The van der Waals surface area contributed by atoms with Gasteiger partial charge in [0.05, 0.1) is 11.5 Å². The first kappa shape index (κ1) is 14.0. The largest absolute Gasteiger partial charge is 0.477 e. The maximum atomic E-state index is 12.3. The molecule has 104 valence electrons. The number of carbonyl (C=O) groups is 1. The van der Waals surface area contributed by atoms with Crippen molar-refractivity contribution >= 4 is 27.5 Å². The fourth-order valence-corrected chi connectivity index (χ4v) is 3.00. The average Bonchev–Trinajstić information content (AvgIpc) is 2.70. The lowest BCUT2D eigenvalue weighted by molar-refractivity contribution is 0.0701. The molecular formula is C12H11N3O4S. The van der Waals surface area contributed by atoms with Crippen LogP contribution in [-0.2, 0) is 6.54 Å². The summed E-state index contributed by atoms with van der Waals surface area (Å²) in [6.07, 6.45) is 0.632. The lowest BCUT2D eigenvalue weighted by Crippen LogP contribution is -2.34. The number of carboxylic acids is 1. The second-order valence-electron chi connectivity index (χ2n) is 4.21. The zero-order chi connectivity index (χ0) is 14.9. The summed E-state index contributed by atoms with van der Waals surface area (Å²) in [5, 5.41) is 17.7. The number of nitriles is 1. The molecule has 0 aliphatic heterocycles. The summed E-state index contributed by atoms with van der Waals surface area (Å²) < 4.78 is 1.00. The summed E-state index contributed by atoms with van der Waals surface area (Å²) in [6.45, 7) is 1.68. The van der Waals surface area contributed by atoms with Gasteiger partial charge in [-0.1, -0.05) is 0 Å². The zero-order valence-corrected chi connectivity index (χ0v) is 11.4. The van der Waals surface area contributed by atoms with Gasteiger partial charge >= 0.3 is 11.7 Å². The monoisotopic (exact) mass is 293 g/mol. The van der Waals surface area contributed by atoms with Crippen molar-refractivity contribution in [3.8, 4) is 6.07 Å². The molecular weight excluding hydrogens is 282 g/mol. The standard InChI is InChI=1S/C12H11N3O4S/c1-6-7-9(20-8(6)11(17)18)14-12(19)15(10(7)16)5-3-2-4-13/h2-3,5H2,1H3,(H,14,19)(H,17,18). The van der Waals surface area contributed by atoms with E-state index in [4.69, 9.17) is 10.4 Å². The molecule has 20 heavy (non-hydrogen) atoms. The molecule has 2 heterocycles. The third-order valence-corrected chi connectivity index (χ3v) is 4.13. The minimum Gasteiger partial charge on any atom is -0.477 e. The van der Waals surface area contributed by atoms with E-state index in [-0.39, 0.29) is 28.1 Å². The van der Waals surface area contributed by atoms with Gasteiger partial charge in [0.25, 0.3) is 5.56 Å². The van der Waals surface area contributed by atoms with Gasteiger partial charge in [0.15, 0.2) is 0 Å². The topological polar surface area (TPSA) is 116 Å². The predicted molar refractivity (Wildman–Crippen MR) is 73.2 cm³/mol. The molecule has 0 amide bonds. The number of aryl methyl sites for hydroxylation is 1. The van der Waals surface area contributed by atoms with Crippen LogP contribution >= 0.6 is 11.3 Å². The number of thiophene rings is 1. The van der Waals surface area contributed by atoms with Gasteiger partial charge in [0, 0.05) is 13.0 Å². The Hall–Kier alpha value is -2.40. The number of rotatable bonds is 4. The molecule has 0 spiro atoms. The van der Waals surface area contributed by atoms with Crippen molar-refractivity contribution in [3.63, 3.8) is 0 Å². The molecule has 0 saturated heterocycles. The van der Waals surface area contributed by atoms with E-state index in [9.17, 15) is 14.4 Å². The molecule has 2 aromatic rings. The van der Waals surface area contributed by atoms with Crippen molar-refractivity contribution in [2.45, 2.75) is 26.3 Å². The van der Waals surface area contributed by atoms with E-state index in [2.05, 4.69) is 4.98 Å². The second-order valence-corrected chi connectivity index (χ2v) is 5.23. The van der Waals surface area contributed by atoms with E-state index >= 15 is 0 Å². The van der Waals surface area contributed by atoms with Crippen LogP contribution in [0.25, 0.3) is 10.2 Å². The number of unbranched alkanes of at least 4 members (excludes halogenated alkanes) is 1. The first-order chi connectivity index (χ1) is 9.47. The molecule has 0 unspecified atom stereocenters. The van der Waals surface area contributed by atoms with Crippen LogP contribution in [0.1, 0.15) is 28.1 Å². The Morgan fingerprint density at radius 3 is 2.80 bits per heavy atom. The fraction of sp³-hybridized carbons (Fsp3) is 0.333. The summed E-state index contributed by atoms with van der Waals surface area (Å²) in [5.74, 6) is -1.13. The van der Waals surface area contributed by atoms with Gasteiger partial charge in [0.2, 0.25) is 0 Å². The van der Waals surface area contributed by atoms with Gasteiger partial charge in [-0.2, -0.15) is 5.26 Å². The minimum atomic E-state index is -1.13. The van der Waals surface area contributed by atoms with E-state index in [0.717, 1.165) is 15.9 Å². The van der Waals surface area contributed by atoms with E-state index in [1.54, 1.807) is 6.92 Å². The number of fused-ring (bicyclic) bond motifs is 1. The quantitative estimate of drug-likeness (QED) is 0.818. The maximum Gasteiger partial charge on any atom is 0.346 e. The summed E-state index contributed by atoms with van der Waals surface area (Å²) >= 11 is 0.877. The Kier molecular flexibility index (Phi) is 3.72. The molecule has 2 rings (SSSR count). The highest BCUT2D eigenvalue weighted by atomic mass is 32.1.